The Labute approximate surface area is 102 Å². The number of nitrogens with one attached hydrogen (secondary N) is 1. The lowest BCUT2D eigenvalue weighted by Crippen LogP contribution is -2.10. The predicted molar refractivity (Wildman–Crippen MR) is 65.9 cm³/mol. The fourth-order valence-corrected chi connectivity index (χ4v) is 2.34. The van der Waals surface area contributed by atoms with E-state index in [4.69, 9.17) is 9.47 Å². The summed E-state index contributed by atoms with van der Waals surface area (Å²) in [6.07, 6.45) is 2.15. The van der Waals surface area contributed by atoms with Crippen LogP contribution in [0.2, 0.25) is 0 Å². The summed E-state index contributed by atoms with van der Waals surface area (Å²) in [6, 6.07) is 3.70. The number of aromatic hydroxyl groups is 1. The zero-order valence-corrected chi connectivity index (χ0v) is 10.3. The van der Waals surface area contributed by atoms with Crippen LogP contribution < -0.4 is 14.8 Å². The van der Waals surface area contributed by atoms with Gasteiger partial charge in [-0.25, -0.2) is 0 Å². The Morgan fingerprint density at radius 2 is 2.18 bits per heavy atom. The van der Waals surface area contributed by atoms with Crippen molar-refractivity contribution in [3.8, 4) is 17.2 Å². The van der Waals surface area contributed by atoms with Gasteiger partial charge in [0, 0.05) is 0 Å². The largest absolute Gasteiger partial charge is 0.504 e. The van der Waals surface area contributed by atoms with E-state index in [1.807, 2.05) is 6.07 Å². The topological polar surface area (TPSA) is 50.7 Å². The van der Waals surface area contributed by atoms with Crippen LogP contribution in [0.5, 0.6) is 17.2 Å². The third kappa shape index (κ3) is 2.64. The molecular weight excluding hydrogens is 218 g/mol. The van der Waals surface area contributed by atoms with E-state index in [9.17, 15) is 5.11 Å². The Bertz CT molecular complexity index is 386. The smallest absolute Gasteiger partial charge is 0.203 e. The fraction of sp³-hybridized carbons (Fsp3) is 0.538. The summed E-state index contributed by atoms with van der Waals surface area (Å²) in [7, 11) is 3.11. The van der Waals surface area contributed by atoms with Gasteiger partial charge >= 0.3 is 0 Å². The molecule has 94 valence electrons. The molecular formula is C13H19NO3. The van der Waals surface area contributed by atoms with Crippen LogP contribution >= 0.6 is 0 Å². The lowest BCUT2D eigenvalue weighted by Gasteiger charge is -2.13. The minimum Gasteiger partial charge on any atom is -0.504 e. The summed E-state index contributed by atoms with van der Waals surface area (Å²) >= 11 is 0. The number of methoxy groups -OCH3 is 2. The second-order valence-corrected chi connectivity index (χ2v) is 4.41. The van der Waals surface area contributed by atoms with E-state index in [0.717, 1.165) is 25.1 Å². The SMILES string of the molecule is COc1cc(CC2CCNC2)cc(O)c1OC. The number of phenolic OH excluding ortho intramolecular Hbond substituents is 1. The fourth-order valence-electron chi connectivity index (χ4n) is 2.34. The van der Waals surface area contributed by atoms with Gasteiger partial charge in [0.2, 0.25) is 5.75 Å². The van der Waals surface area contributed by atoms with Gasteiger partial charge in [-0.05, 0) is 49.5 Å². The zero-order valence-electron chi connectivity index (χ0n) is 10.3. The molecule has 1 aromatic carbocycles. The summed E-state index contributed by atoms with van der Waals surface area (Å²) in [5, 5.41) is 13.2. The van der Waals surface area contributed by atoms with Crippen LogP contribution in [-0.2, 0) is 6.42 Å². The highest BCUT2D eigenvalue weighted by Crippen LogP contribution is 2.38. The number of ether oxygens (including phenoxy) is 2. The molecule has 4 heteroatoms. The molecule has 1 saturated heterocycles. The molecule has 0 saturated carbocycles. The molecule has 1 atom stereocenters. The number of benzene rings is 1. The Hall–Kier alpha value is -1.42. The molecule has 2 N–H and O–H groups in total. The van der Waals surface area contributed by atoms with Crippen molar-refractivity contribution in [1.29, 1.82) is 0 Å². The summed E-state index contributed by atoms with van der Waals surface area (Å²) in [5.41, 5.74) is 1.09. The minimum absolute atomic E-state index is 0.146. The molecule has 1 aliphatic rings. The van der Waals surface area contributed by atoms with Gasteiger partial charge in [0.05, 0.1) is 14.2 Å². The van der Waals surface area contributed by atoms with Crippen molar-refractivity contribution in [2.24, 2.45) is 5.92 Å². The normalized spacial score (nSPS) is 19.3. The molecule has 0 spiro atoms. The monoisotopic (exact) mass is 237 g/mol. The average molecular weight is 237 g/mol. The predicted octanol–water partition coefficient (Wildman–Crippen LogP) is 1.56. The second-order valence-electron chi connectivity index (χ2n) is 4.41. The zero-order chi connectivity index (χ0) is 12.3. The Balaban J connectivity index is 2.19. The van der Waals surface area contributed by atoms with Crippen LogP contribution in [0, 0.1) is 5.92 Å². The van der Waals surface area contributed by atoms with Crippen LogP contribution in [0.4, 0.5) is 0 Å². The summed E-state index contributed by atoms with van der Waals surface area (Å²) in [6.45, 7) is 2.14. The number of hydrogen-bond acceptors (Lipinski definition) is 4. The molecule has 17 heavy (non-hydrogen) atoms. The van der Waals surface area contributed by atoms with Crippen molar-refractivity contribution in [2.75, 3.05) is 27.3 Å². The highest BCUT2D eigenvalue weighted by Gasteiger charge is 2.17. The van der Waals surface area contributed by atoms with Gasteiger partial charge in [-0.2, -0.15) is 0 Å². The van der Waals surface area contributed by atoms with Gasteiger partial charge in [-0.1, -0.05) is 0 Å². The third-order valence-corrected chi connectivity index (χ3v) is 3.21. The summed E-state index contributed by atoms with van der Waals surface area (Å²) < 4.78 is 10.3. The number of rotatable bonds is 4. The van der Waals surface area contributed by atoms with Crippen molar-refractivity contribution >= 4 is 0 Å². The Morgan fingerprint density at radius 3 is 2.76 bits per heavy atom. The van der Waals surface area contributed by atoms with Crippen LogP contribution in [0.3, 0.4) is 0 Å². The Kier molecular flexibility index (Phi) is 3.74. The van der Waals surface area contributed by atoms with Gasteiger partial charge in [0.1, 0.15) is 0 Å². The maximum absolute atomic E-state index is 9.86. The molecule has 1 aromatic rings. The van der Waals surface area contributed by atoms with Crippen LogP contribution in [0.25, 0.3) is 0 Å². The molecule has 1 heterocycles. The molecule has 0 bridgehead atoms. The van der Waals surface area contributed by atoms with Gasteiger partial charge in [0.15, 0.2) is 11.5 Å². The number of phenols is 1. The quantitative estimate of drug-likeness (QED) is 0.834. The van der Waals surface area contributed by atoms with E-state index in [0.29, 0.717) is 17.4 Å². The summed E-state index contributed by atoms with van der Waals surface area (Å²) in [5.74, 6) is 1.79. The van der Waals surface area contributed by atoms with E-state index >= 15 is 0 Å². The molecule has 4 nitrogen and oxygen atoms in total. The molecule has 2 rings (SSSR count). The highest BCUT2D eigenvalue weighted by atomic mass is 16.5. The van der Waals surface area contributed by atoms with Gasteiger partial charge < -0.3 is 19.9 Å². The summed E-state index contributed by atoms with van der Waals surface area (Å²) in [4.78, 5) is 0. The average Bonchev–Trinajstić information content (AvgIpc) is 2.81. The Morgan fingerprint density at radius 1 is 1.35 bits per heavy atom. The van der Waals surface area contributed by atoms with E-state index in [1.54, 1.807) is 13.2 Å². The van der Waals surface area contributed by atoms with Gasteiger partial charge in [-0.15, -0.1) is 0 Å². The van der Waals surface area contributed by atoms with Crippen LogP contribution in [0.1, 0.15) is 12.0 Å². The molecule has 0 amide bonds. The van der Waals surface area contributed by atoms with Gasteiger partial charge in [-0.3, -0.25) is 0 Å². The van der Waals surface area contributed by atoms with Crippen molar-refractivity contribution in [1.82, 2.24) is 5.32 Å². The standard InChI is InChI=1S/C13H19NO3/c1-16-12-7-10(5-9-3-4-14-8-9)6-11(15)13(12)17-2/h6-7,9,14-15H,3-5,8H2,1-2H3. The van der Waals surface area contributed by atoms with Crippen LogP contribution in [-0.4, -0.2) is 32.4 Å². The van der Waals surface area contributed by atoms with Crippen LogP contribution in [0.15, 0.2) is 12.1 Å². The first-order valence-corrected chi connectivity index (χ1v) is 5.89. The first kappa shape index (κ1) is 12.0. The molecule has 0 aromatic heterocycles. The minimum atomic E-state index is 0.146. The van der Waals surface area contributed by atoms with Crippen molar-refractivity contribution in [3.05, 3.63) is 17.7 Å². The van der Waals surface area contributed by atoms with Crippen molar-refractivity contribution in [3.63, 3.8) is 0 Å². The lowest BCUT2D eigenvalue weighted by atomic mass is 9.98. The van der Waals surface area contributed by atoms with Crippen molar-refractivity contribution < 1.29 is 14.6 Å². The van der Waals surface area contributed by atoms with E-state index < -0.39 is 0 Å². The first-order chi connectivity index (χ1) is 8.24. The van der Waals surface area contributed by atoms with Gasteiger partial charge in [0.25, 0.3) is 0 Å². The third-order valence-electron chi connectivity index (χ3n) is 3.21. The molecule has 1 fully saturated rings. The lowest BCUT2D eigenvalue weighted by molar-refractivity contribution is 0.332. The van der Waals surface area contributed by atoms with E-state index in [2.05, 4.69) is 5.32 Å². The maximum Gasteiger partial charge on any atom is 0.203 e. The van der Waals surface area contributed by atoms with E-state index in [-0.39, 0.29) is 5.75 Å². The molecule has 1 aliphatic heterocycles. The highest BCUT2D eigenvalue weighted by molar-refractivity contribution is 5.53. The second kappa shape index (κ2) is 5.27. The molecule has 1 unspecified atom stereocenters. The maximum atomic E-state index is 9.86. The van der Waals surface area contributed by atoms with E-state index in [1.165, 1.54) is 13.5 Å². The molecule has 0 radical (unpaired) electrons. The number of hydrogen-bond donors (Lipinski definition) is 2. The molecule has 0 aliphatic carbocycles. The van der Waals surface area contributed by atoms with Crippen molar-refractivity contribution in [2.45, 2.75) is 12.8 Å². The first-order valence-electron chi connectivity index (χ1n) is 5.89.